The molecule has 4 N–H and O–H groups in total. The Morgan fingerprint density at radius 2 is 1.23 bits per heavy atom. The summed E-state index contributed by atoms with van der Waals surface area (Å²) in [6.07, 6.45) is 3.86. The number of aromatic nitrogens is 8. The number of nitrogens with two attached hydrogens (primary N) is 1. The molecule has 0 aliphatic carbocycles. The van der Waals surface area contributed by atoms with Crippen molar-refractivity contribution >= 4 is 40.9 Å². The van der Waals surface area contributed by atoms with E-state index in [0.29, 0.717) is 72.6 Å². The molecule has 0 unspecified atom stereocenters. The number of alkyl halides is 6. The van der Waals surface area contributed by atoms with Gasteiger partial charge in [-0.3, -0.25) is 10.2 Å². The Morgan fingerprint density at radius 3 is 1.77 bits per heavy atom. The van der Waals surface area contributed by atoms with Crippen molar-refractivity contribution in [2.45, 2.75) is 102 Å². The van der Waals surface area contributed by atoms with Crippen molar-refractivity contribution in [3.05, 3.63) is 96.8 Å². The molecule has 0 spiro atoms. The largest absolute Gasteiger partial charge is 0.488 e. The summed E-state index contributed by atoms with van der Waals surface area (Å²) in [5.74, 6) is 1.53. The van der Waals surface area contributed by atoms with Crippen LogP contribution in [-0.2, 0) is 31.3 Å². The fraction of sp³-hybridized carbons (Fsp3) is 0.453. The minimum atomic E-state index is -4.50. The molecule has 4 fully saturated rings. The lowest BCUT2D eigenvalue weighted by atomic mass is 10.0. The molecule has 0 radical (unpaired) electrons. The van der Waals surface area contributed by atoms with Crippen LogP contribution in [0.15, 0.2) is 85.7 Å². The first-order valence-electron chi connectivity index (χ1n) is 25.9. The Bertz CT molecular complexity index is 3140. The Hall–Kier alpha value is -7.75. The number of hydrogen-bond acceptors (Lipinski definition) is 19. The molecule has 12 rings (SSSR count). The van der Waals surface area contributed by atoms with Crippen LogP contribution in [0.2, 0.25) is 0 Å². The van der Waals surface area contributed by atoms with Gasteiger partial charge in [-0.05, 0) is 77.6 Å². The van der Waals surface area contributed by atoms with E-state index >= 15 is 0 Å². The van der Waals surface area contributed by atoms with Gasteiger partial charge < -0.3 is 49.3 Å². The smallest absolute Gasteiger partial charge is 0.416 e. The van der Waals surface area contributed by atoms with E-state index in [4.69, 9.17) is 34.2 Å². The lowest BCUT2D eigenvalue weighted by molar-refractivity contribution is -0.141. The number of benzene rings is 2. The zero-order chi connectivity index (χ0) is 56.4. The Morgan fingerprint density at radius 1 is 0.700 bits per heavy atom. The van der Waals surface area contributed by atoms with Crippen LogP contribution < -0.4 is 40.5 Å². The number of hydrogen-bond donors (Lipinski definition) is 3. The predicted molar refractivity (Wildman–Crippen MR) is 280 cm³/mol. The molecule has 10 heterocycles. The lowest BCUT2D eigenvalue weighted by Crippen LogP contribution is -2.56. The summed E-state index contributed by atoms with van der Waals surface area (Å²) < 4.78 is 112. The highest BCUT2D eigenvalue weighted by atomic mass is 19.4. The van der Waals surface area contributed by atoms with Gasteiger partial charge in [0.2, 0.25) is 11.9 Å². The molecule has 4 saturated heterocycles. The Labute approximate surface area is 455 Å². The van der Waals surface area contributed by atoms with Crippen molar-refractivity contribution < 1.29 is 59.6 Å². The number of fused-ring (bicyclic) bond motifs is 8. The van der Waals surface area contributed by atoms with E-state index in [1.54, 1.807) is 18.5 Å². The number of carbonyl (C=O) groups excluding carboxylic acids is 1. The zero-order valence-corrected chi connectivity index (χ0v) is 44.0. The van der Waals surface area contributed by atoms with Crippen molar-refractivity contribution in [2.75, 3.05) is 83.7 Å². The zero-order valence-electron chi connectivity index (χ0n) is 44.0. The minimum absolute atomic E-state index is 0.0625. The first kappa shape index (κ1) is 55.6. The number of nitrogens with zero attached hydrogens (tertiary/aromatic N) is 11. The molecule has 27 heteroatoms. The van der Waals surface area contributed by atoms with Crippen molar-refractivity contribution in [1.82, 2.24) is 39.9 Å². The van der Waals surface area contributed by atoms with E-state index in [2.05, 4.69) is 60.3 Å². The molecular weight excluding hydrogens is 1060 g/mol. The van der Waals surface area contributed by atoms with Crippen LogP contribution in [0.3, 0.4) is 0 Å². The fourth-order valence-electron chi connectivity index (χ4n) is 9.83. The second-order valence-corrected chi connectivity index (χ2v) is 20.5. The van der Waals surface area contributed by atoms with Crippen molar-refractivity contribution in [1.29, 1.82) is 0 Å². The normalized spacial score (nSPS) is 21.4. The van der Waals surface area contributed by atoms with Crippen LogP contribution in [0.4, 0.5) is 66.0 Å². The summed E-state index contributed by atoms with van der Waals surface area (Å²) in [6, 6.07) is 9.58. The second kappa shape index (κ2) is 22.8. The van der Waals surface area contributed by atoms with Gasteiger partial charge in [0.15, 0.2) is 46.4 Å². The number of ether oxygens (including phenoxy) is 6. The maximum Gasteiger partial charge on any atom is 0.416 e. The molecule has 4 aromatic heterocycles. The number of amides is 2. The van der Waals surface area contributed by atoms with Crippen molar-refractivity contribution in [2.24, 2.45) is 0 Å². The second-order valence-electron chi connectivity index (χ2n) is 20.5. The average Bonchev–Trinajstić information content (AvgIpc) is 3.99. The highest BCUT2D eigenvalue weighted by Crippen LogP contribution is 2.40. The first-order chi connectivity index (χ1) is 38.1. The van der Waals surface area contributed by atoms with Gasteiger partial charge in [0, 0.05) is 43.3 Å². The molecular formula is C53H58F6N14O7. The van der Waals surface area contributed by atoms with Crippen molar-refractivity contribution in [3.63, 3.8) is 0 Å². The summed E-state index contributed by atoms with van der Waals surface area (Å²) in [5.41, 5.74) is 6.00. The fourth-order valence-corrected chi connectivity index (χ4v) is 9.83. The third-order valence-corrected chi connectivity index (χ3v) is 13.6. The minimum Gasteiger partial charge on any atom is -0.488 e. The summed E-state index contributed by atoms with van der Waals surface area (Å²) in [7, 11) is 0. The maximum absolute atomic E-state index is 13.6. The lowest BCUT2D eigenvalue weighted by Gasteiger charge is -2.45. The number of piperidine rings is 2. The monoisotopic (exact) mass is 1120 g/mol. The number of carbonyl (C=O) groups is 1. The molecule has 6 aromatic rings. The first-order valence-corrected chi connectivity index (χ1v) is 25.9. The summed E-state index contributed by atoms with van der Waals surface area (Å²) in [6.45, 7) is 12.3. The molecule has 6 aliphatic rings. The number of rotatable bonds is 9. The number of urea groups is 1. The topological polar surface area (TPSA) is 235 Å². The molecule has 4 atom stereocenters. The van der Waals surface area contributed by atoms with Crippen molar-refractivity contribution in [3.8, 4) is 34.3 Å². The highest BCUT2D eigenvalue weighted by Gasteiger charge is 2.40. The Balaban J connectivity index is 0.000000154. The number of nitrogens with one attached hydrogen (secondary N) is 2. The molecule has 21 nitrogen and oxygen atoms in total. The highest BCUT2D eigenvalue weighted by molar-refractivity contribution is 6.03. The van der Waals surface area contributed by atoms with Gasteiger partial charge in [0.25, 0.3) is 0 Å². The number of anilines is 6. The Kier molecular flexibility index (Phi) is 15.8. The molecule has 2 aromatic carbocycles. The van der Waals surface area contributed by atoms with Crippen LogP contribution in [0.1, 0.15) is 64.5 Å². The SMILES string of the molecule is CC1(C)OC[C@H](COc2cnc(N)nc2)O1.CC1(C)OC[C@H](COc2cnc(NC(=O)N3c4nc(-c5cccc(C(F)(F)F)c5)ncc4N4CCC[C@H]3C4)nc2)O1.FC(F)(F)c1cccc(-c2ncc3c(n2)N[C@H]2CCCN3C2)c1. The van der Waals surface area contributed by atoms with Crippen LogP contribution in [0.25, 0.3) is 22.8 Å². The standard InChI is InChI=1S/C27H28F3N7O4.C16H15F3N4.C10H15N3O3/c1-26(2)40-15-20(41-26)14-39-19-10-32-24(33-11-19)35-25(38)37-18-7-4-8-36(13-18)21-12-31-22(34-23(21)37)16-5-3-6-17(9-16)27(28,29)30;17-16(18,19)11-4-1-3-10(7-11)14-20-8-13-15(22-14)21-12-5-2-6-23(13)9-12;1-10(2)15-6-8(16-10)5-14-7-3-12-9(11)13-4-7/h3,5-6,9-12,18,20H,4,7-8,13-15H2,1-2H3,(H,32,33,35,38);1,3-4,7-8,12H,2,5-6,9H2,(H,20,21,22);3-4,8H,5-6H2,1-2H3,(H2,11,12,13)/t18-,20-;12-;8-/m000/s1. The number of nitrogen functional groups attached to an aromatic ring is 1. The maximum atomic E-state index is 13.6. The van der Waals surface area contributed by atoms with Gasteiger partial charge in [-0.25, -0.2) is 44.7 Å². The molecule has 80 heavy (non-hydrogen) atoms. The van der Waals surface area contributed by atoms with E-state index in [0.717, 1.165) is 75.3 Å². The van der Waals surface area contributed by atoms with Gasteiger partial charge in [-0.15, -0.1) is 0 Å². The molecule has 4 bridgehead atoms. The van der Waals surface area contributed by atoms with E-state index in [-0.39, 0.29) is 48.1 Å². The average molecular weight is 1120 g/mol. The van der Waals surface area contributed by atoms with Gasteiger partial charge >= 0.3 is 18.4 Å². The van der Waals surface area contributed by atoms with E-state index < -0.39 is 41.1 Å². The molecule has 424 valence electrons. The van der Waals surface area contributed by atoms with Gasteiger partial charge in [0.1, 0.15) is 25.4 Å². The molecule has 2 amide bonds. The quantitative estimate of drug-likeness (QED) is 0.115. The van der Waals surface area contributed by atoms with E-state index in [9.17, 15) is 31.1 Å². The summed E-state index contributed by atoms with van der Waals surface area (Å²) in [4.78, 5) is 53.1. The summed E-state index contributed by atoms with van der Waals surface area (Å²) >= 11 is 0. The van der Waals surface area contributed by atoms with E-state index in [1.165, 1.54) is 47.9 Å². The van der Waals surface area contributed by atoms with Gasteiger partial charge in [-0.1, -0.05) is 24.3 Å². The third kappa shape index (κ3) is 13.5. The predicted octanol–water partition coefficient (Wildman–Crippen LogP) is 8.65. The van der Waals surface area contributed by atoms with Crippen LogP contribution in [0, 0.1) is 0 Å². The number of halogens is 6. The summed E-state index contributed by atoms with van der Waals surface area (Å²) in [5, 5.41) is 6.08. The van der Waals surface area contributed by atoms with Gasteiger partial charge in [0.05, 0.1) is 78.9 Å². The van der Waals surface area contributed by atoms with Crippen LogP contribution in [-0.4, -0.2) is 134 Å². The molecule has 0 saturated carbocycles. The van der Waals surface area contributed by atoms with Crippen LogP contribution >= 0.6 is 0 Å². The van der Waals surface area contributed by atoms with E-state index in [1.807, 2.05) is 27.7 Å². The van der Waals surface area contributed by atoms with Gasteiger partial charge in [-0.2, -0.15) is 26.3 Å². The third-order valence-electron chi connectivity index (χ3n) is 13.6. The molecule has 6 aliphatic heterocycles. The van der Waals surface area contributed by atoms with Crippen LogP contribution in [0.5, 0.6) is 11.5 Å².